The Kier molecular flexibility index (Phi) is 4.84. The summed E-state index contributed by atoms with van der Waals surface area (Å²) in [7, 11) is -3.46. The lowest BCUT2D eigenvalue weighted by atomic mass is 10.1. The van der Waals surface area contributed by atoms with E-state index >= 15 is 0 Å². The molecule has 2 N–H and O–H groups in total. The van der Waals surface area contributed by atoms with Gasteiger partial charge in [0.1, 0.15) is 0 Å². The van der Waals surface area contributed by atoms with Gasteiger partial charge in [0.2, 0.25) is 10.0 Å². The van der Waals surface area contributed by atoms with E-state index in [4.69, 9.17) is 11.6 Å². The molecule has 1 aromatic carbocycles. The Morgan fingerprint density at radius 3 is 2.95 bits per heavy atom. The molecular weight excluding hydrogens is 284 g/mol. The molecular formula is C13H19ClN2O2S. The summed E-state index contributed by atoms with van der Waals surface area (Å²) in [5, 5.41) is 3.75. The van der Waals surface area contributed by atoms with E-state index in [0.717, 1.165) is 25.9 Å². The zero-order valence-corrected chi connectivity index (χ0v) is 12.5. The van der Waals surface area contributed by atoms with Gasteiger partial charge in [0.25, 0.3) is 0 Å². The van der Waals surface area contributed by atoms with Crippen molar-refractivity contribution in [3.05, 3.63) is 28.8 Å². The van der Waals surface area contributed by atoms with Crippen LogP contribution in [0.1, 0.15) is 18.4 Å². The van der Waals surface area contributed by atoms with E-state index in [0.29, 0.717) is 23.0 Å². The van der Waals surface area contributed by atoms with Gasteiger partial charge < -0.3 is 5.32 Å². The van der Waals surface area contributed by atoms with Gasteiger partial charge in [-0.3, -0.25) is 0 Å². The lowest BCUT2D eigenvalue weighted by Gasteiger charge is -2.12. The molecule has 0 saturated carbocycles. The number of benzene rings is 1. The smallest absolute Gasteiger partial charge is 0.240 e. The first-order valence-corrected chi connectivity index (χ1v) is 8.32. The van der Waals surface area contributed by atoms with Crippen molar-refractivity contribution >= 4 is 21.6 Å². The van der Waals surface area contributed by atoms with E-state index in [2.05, 4.69) is 10.0 Å². The van der Waals surface area contributed by atoms with Crippen molar-refractivity contribution in [3.8, 4) is 0 Å². The lowest BCUT2D eigenvalue weighted by molar-refractivity contribution is 0.519. The largest absolute Gasteiger partial charge is 0.316 e. The first kappa shape index (κ1) is 14.8. The van der Waals surface area contributed by atoms with Crippen LogP contribution in [0.5, 0.6) is 0 Å². The Morgan fingerprint density at radius 2 is 2.26 bits per heavy atom. The van der Waals surface area contributed by atoms with E-state index in [1.54, 1.807) is 25.1 Å². The second kappa shape index (κ2) is 6.22. The van der Waals surface area contributed by atoms with E-state index in [9.17, 15) is 8.42 Å². The van der Waals surface area contributed by atoms with Crippen LogP contribution in [-0.4, -0.2) is 28.1 Å². The van der Waals surface area contributed by atoms with Gasteiger partial charge in [-0.05, 0) is 56.5 Å². The van der Waals surface area contributed by atoms with Gasteiger partial charge in [0.15, 0.2) is 0 Å². The van der Waals surface area contributed by atoms with Crippen LogP contribution >= 0.6 is 11.6 Å². The third-order valence-corrected chi connectivity index (χ3v) is 5.53. The Labute approximate surface area is 119 Å². The van der Waals surface area contributed by atoms with Crippen LogP contribution < -0.4 is 10.0 Å². The minimum absolute atomic E-state index is 0.268. The van der Waals surface area contributed by atoms with Crippen LogP contribution in [0.2, 0.25) is 5.02 Å². The normalized spacial score (nSPS) is 19.8. The van der Waals surface area contributed by atoms with Crippen LogP contribution in [-0.2, 0) is 10.0 Å². The average Bonchev–Trinajstić information content (AvgIpc) is 2.85. The Morgan fingerprint density at radius 1 is 1.47 bits per heavy atom. The molecule has 0 amide bonds. The maximum atomic E-state index is 12.2. The zero-order valence-electron chi connectivity index (χ0n) is 10.9. The molecule has 19 heavy (non-hydrogen) atoms. The number of hydrogen-bond donors (Lipinski definition) is 2. The topological polar surface area (TPSA) is 58.2 Å². The molecule has 1 aliphatic rings. The van der Waals surface area contributed by atoms with Crippen LogP contribution in [0.4, 0.5) is 0 Å². The van der Waals surface area contributed by atoms with Crippen LogP contribution in [0, 0.1) is 12.8 Å². The average molecular weight is 303 g/mol. The summed E-state index contributed by atoms with van der Waals surface area (Å²) in [6.07, 6.45) is 1.99. The third-order valence-electron chi connectivity index (χ3n) is 3.51. The Hall–Kier alpha value is -0.620. The van der Waals surface area contributed by atoms with Crippen molar-refractivity contribution in [1.29, 1.82) is 0 Å². The summed E-state index contributed by atoms with van der Waals surface area (Å²) in [6, 6.07) is 4.94. The minimum Gasteiger partial charge on any atom is -0.316 e. The summed E-state index contributed by atoms with van der Waals surface area (Å²) in [5.74, 6) is 0.572. The number of rotatable bonds is 5. The van der Waals surface area contributed by atoms with E-state index in [-0.39, 0.29) is 4.90 Å². The van der Waals surface area contributed by atoms with Crippen LogP contribution in [0.15, 0.2) is 23.1 Å². The molecule has 2 rings (SSSR count). The fraction of sp³-hybridized carbons (Fsp3) is 0.538. The highest BCUT2D eigenvalue weighted by molar-refractivity contribution is 7.89. The fourth-order valence-electron chi connectivity index (χ4n) is 2.31. The molecule has 0 radical (unpaired) electrons. The minimum atomic E-state index is -3.46. The molecule has 0 aliphatic carbocycles. The molecule has 6 heteroatoms. The number of sulfonamides is 1. The van der Waals surface area contributed by atoms with Crippen molar-refractivity contribution in [2.45, 2.75) is 24.7 Å². The molecule has 0 spiro atoms. The Balaban J connectivity index is 1.99. The maximum Gasteiger partial charge on any atom is 0.240 e. The van der Waals surface area contributed by atoms with Gasteiger partial charge in [0, 0.05) is 11.6 Å². The first-order valence-electron chi connectivity index (χ1n) is 6.46. The van der Waals surface area contributed by atoms with Gasteiger partial charge in [0.05, 0.1) is 4.90 Å². The van der Waals surface area contributed by atoms with Crippen molar-refractivity contribution < 1.29 is 8.42 Å². The monoisotopic (exact) mass is 302 g/mol. The van der Waals surface area contributed by atoms with Crippen molar-refractivity contribution in [3.63, 3.8) is 0 Å². The second-order valence-corrected chi connectivity index (χ2v) is 7.05. The van der Waals surface area contributed by atoms with Crippen LogP contribution in [0.25, 0.3) is 0 Å². The highest BCUT2D eigenvalue weighted by atomic mass is 35.5. The van der Waals surface area contributed by atoms with Gasteiger partial charge in [-0.25, -0.2) is 13.1 Å². The lowest BCUT2D eigenvalue weighted by Crippen LogP contribution is -2.27. The molecule has 1 saturated heterocycles. The number of halogens is 1. The quantitative estimate of drug-likeness (QED) is 0.874. The molecule has 0 bridgehead atoms. The zero-order chi connectivity index (χ0) is 13.9. The predicted molar refractivity (Wildman–Crippen MR) is 77.0 cm³/mol. The van der Waals surface area contributed by atoms with E-state index in [1.807, 2.05) is 0 Å². The molecule has 1 aromatic rings. The van der Waals surface area contributed by atoms with Crippen molar-refractivity contribution in [2.75, 3.05) is 19.6 Å². The van der Waals surface area contributed by atoms with Crippen molar-refractivity contribution in [2.24, 2.45) is 5.92 Å². The van der Waals surface area contributed by atoms with Gasteiger partial charge in [-0.2, -0.15) is 0 Å². The van der Waals surface area contributed by atoms with E-state index < -0.39 is 10.0 Å². The van der Waals surface area contributed by atoms with Gasteiger partial charge in [-0.15, -0.1) is 0 Å². The third kappa shape index (κ3) is 3.69. The van der Waals surface area contributed by atoms with Crippen LogP contribution in [0.3, 0.4) is 0 Å². The van der Waals surface area contributed by atoms with E-state index in [1.165, 1.54) is 0 Å². The molecule has 106 valence electrons. The van der Waals surface area contributed by atoms with Gasteiger partial charge >= 0.3 is 0 Å². The molecule has 1 heterocycles. The summed E-state index contributed by atoms with van der Waals surface area (Å²) in [6.45, 7) is 4.21. The molecule has 0 unspecified atom stereocenters. The molecule has 1 atom stereocenters. The number of hydrogen-bond acceptors (Lipinski definition) is 3. The SMILES string of the molecule is Cc1c(Cl)cccc1S(=O)(=O)NCC[C@@H]1CCNC1. The standard InChI is InChI=1S/C13H19ClN2O2S/c1-10-12(14)3-2-4-13(10)19(17,18)16-8-6-11-5-7-15-9-11/h2-4,11,15-16H,5-9H2,1H3/t11-/m0/s1. The predicted octanol–water partition coefficient (Wildman–Crippen LogP) is 1.93. The number of nitrogens with one attached hydrogen (secondary N) is 2. The second-order valence-electron chi connectivity index (χ2n) is 4.91. The molecule has 1 aliphatic heterocycles. The summed E-state index contributed by atoms with van der Waals surface area (Å²) in [5.41, 5.74) is 0.596. The summed E-state index contributed by atoms with van der Waals surface area (Å²) in [4.78, 5) is 0.268. The summed E-state index contributed by atoms with van der Waals surface area (Å²) >= 11 is 5.96. The first-order chi connectivity index (χ1) is 9.00. The molecule has 1 fully saturated rings. The highest BCUT2D eigenvalue weighted by Crippen LogP contribution is 2.22. The Bertz CT molecular complexity index is 540. The maximum absolute atomic E-state index is 12.2. The fourth-order valence-corrected chi connectivity index (χ4v) is 3.86. The highest BCUT2D eigenvalue weighted by Gasteiger charge is 2.19. The van der Waals surface area contributed by atoms with Crippen molar-refractivity contribution in [1.82, 2.24) is 10.0 Å². The molecule has 4 nitrogen and oxygen atoms in total. The van der Waals surface area contributed by atoms with Gasteiger partial charge in [-0.1, -0.05) is 17.7 Å². The molecule has 0 aromatic heterocycles. The summed E-state index contributed by atoms with van der Waals surface area (Å²) < 4.78 is 27.0.